The van der Waals surface area contributed by atoms with Gasteiger partial charge in [0.25, 0.3) is 0 Å². The number of benzene rings is 6. The molecule has 0 saturated heterocycles. The molecule has 0 aliphatic heterocycles. The Kier molecular flexibility index (Phi) is 11.1. The molecule has 2 aromatic heterocycles. The average Bonchev–Trinajstić information content (AvgIpc) is 3.86. The van der Waals surface area contributed by atoms with Crippen LogP contribution in [0.3, 0.4) is 0 Å². The highest BCUT2D eigenvalue weighted by atomic mass is 35.5. The molecule has 2 heterocycles. The number of rotatable bonds is 7. The van der Waals surface area contributed by atoms with Gasteiger partial charge in [0.05, 0.1) is 5.39 Å². The summed E-state index contributed by atoms with van der Waals surface area (Å²) in [5.41, 5.74) is 4.40. The maximum Gasteiger partial charge on any atom is 0.488 e. The lowest BCUT2D eigenvalue weighted by molar-refractivity contribution is -0.382. The fourth-order valence-electron chi connectivity index (χ4n) is 5.81. The summed E-state index contributed by atoms with van der Waals surface area (Å²) in [6.07, 6.45) is -7.19. The second kappa shape index (κ2) is 16.6. The number of hydrogen-bond acceptors (Lipinski definition) is 7. The molecule has 0 bridgehead atoms. The zero-order valence-corrected chi connectivity index (χ0v) is 32.1. The molecule has 0 saturated carbocycles. The molecule has 0 aliphatic carbocycles. The van der Waals surface area contributed by atoms with Crippen LogP contribution in [0, 0.1) is 0 Å². The molecule has 8 aromatic rings. The third-order valence-electron chi connectivity index (χ3n) is 8.69. The van der Waals surface area contributed by atoms with E-state index in [4.69, 9.17) is 51.0 Å². The fraction of sp³-hybridized carbons (Fsp3) is 0.100. The number of hydrogen-bond donors (Lipinski definition) is 2. The van der Waals surface area contributed by atoms with Gasteiger partial charge < -0.3 is 23.1 Å². The number of furan rings is 2. The Morgan fingerprint density at radius 2 is 1.07 bits per heavy atom. The van der Waals surface area contributed by atoms with Gasteiger partial charge >= 0.3 is 40.5 Å². The molecule has 2 N–H and O–H groups in total. The number of alkyl halides is 9. The molecule has 0 amide bonds. The van der Waals surface area contributed by atoms with Crippen molar-refractivity contribution >= 4 is 89.8 Å². The SMILES string of the molecule is Clc1ccc2c(c1)oc1cccc(-c3ccccc3)c12.O=S(=O)(Oc1cccc2oc3cc(Cl)ccc3c12)C(F)(F)C(F)(F)C(F)(F)C(F)(F)F.OB(O)c1ccccc1.[3HH].[3H][3H].[3H][3H].[3H][3H]. The van der Waals surface area contributed by atoms with E-state index < -0.39 is 46.3 Å². The zero-order valence-electron chi connectivity index (χ0n) is 35.8. The maximum absolute atomic E-state index is 13.9. The number of halogens is 11. The van der Waals surface area contributed by atoms with Crippen molar-refractivity contribution < 1.29 is 81.3 Å². The van der Waals surface area contributed by atoms with Crippen molar-refractivity contribution in [2.24, 2.45) is 0 Å². The van der Waals surface area contributed by atoms with Gasteiger partial charge in [0.2, 0.25) is 0 Å². The quantitative estimate of drug-likeness (QED) is 0.0930. The summed E-state index contributed by atoms with van der Waals surface area (Å²) in [4.78, 5) is 0. The topological polar surface area (TPSA) is 110 Å². The van der Waals surface area contributed by atoms with Crippen molar-refractivity contribution in [3.05, 3.63) is 144 Å². The molecule has 8 rings (SSSR count). The molecule has 0 atom stereocenters. The van der Waals surface area contributed by atoms with Gasteiger partial charge in [-0.1, -0.05) is 102 Å². The molecule has 0 spiro atoms. The molecule has 0 aliphatic rings. The van der Waals surface area contributed by atoms with E-state index in [-0.39, 0.29) is 28.4 Å². The van der Waals surface area contributed by atoms with E-state index in [1.165, 1.54) is 35.4 Å². The van der Waals surface area contributed by atoms with Crippen LogP contribution >= 0.6 is 23.2 Å². The smallest absolute Gasteiger partial charge is 0.456 e. The van der Waals surface area contributed by atoms with E-state index in [9.17, 15) is 47.9 Å². The summed E-state index contributed by atoms with van der Waals surface area (Å²) in [6, 6.07) is 37.5. The van der Waals surface area contributed by atoms with E-state index in [0.29, 0.717) is 16.6 Å². The van der Waals surface area contributed by atoms with E-state index in [2.05, 4.69) is 22.4 Å². The Hall–Kier alpha value is -5.40. The Morgan fingerprint density at radius 1 is 0.583 bits per heavy atom. The summed E-state index contributed by atoms with van der Waals surface area (Å²) >= 11 is 11.8. The molecule has 7 nitrogen and oxygen atoms in total. The van der Waals surface area contributed by atoms with Crippen molar-refractivity contribution in [3.8, 4) is 16.9 Å². The normalized spacial score (nSPS) is 12.9. The zero-order chi connectivity index (χ0) is 49.8. The first-order chi connectivity index (χ1) is 31.1. The molecule has 0 radical (unpaired) electrons. The second-order valence-electron chi connectivity index (χ2n) is 12.6. The van der Waals surface area contributed by atoms with Gasteiger partial charge in [-0.05, 0) is 59.1 Å². The largest absolute Gasteiger partial charge is 0.488 e. The highest BCUT2D eigenvalue weighted by molar-refractivity contribution is 7.88. The van der Waals surface area contributed by atoms with Gasteiger partial charge in [-0.2, -0.15) is 47.9 Å². The highest BCUT2D eigenvalue weighted by Crippen LogP contribution is 2.55. The molecular formula is C40H32BCl2F9O7S. The molecular weight excluding hydrogens is 877 g/mol. The Labute approximate surface area is 354 Å². The van der Waals surface area contributed by atoms with Crippen molar-refractivity contribution in [2.75, 3.05) is 0 Å². The second-order valence-corrected chi connectivity index (χ2v) is 15.1. The lowest BCUT2D eigenvalue weighted by Gasteiger charge is -2.32. The van der Waals surface area contributed by atoms with Crippen LogP contribution in [-0.2, 0) is 10.1 Å². The van der Waals surface area contributed by atoms with Crippen molar-refractivity contribution in [1.82, 2.24) is 0 Å². The van der Waals surface area contributed by atoms with Crippen LogP contribution in [0.1, 0.15) is 10.3 Å². The van der Waals surface area contributed by atoms with Crippen molar-refractivity contribution in [3.63, 3.8) is 0 Å². The van der Waals surface area contributed by atoms with Gasteiger partial charge in [0, 0.05) is 48.7 Å². The van der Waals surface area contributed by atoms with Gasteiger partial charge in [-0.25, -0.2) is 0 Å². The first kappa shape index (κ1) is 40.0. The van der Waals surface area contributed by atoms with E-state index in [1.807, 2.05) is 54.6 Å². The average molecular weight is 924 g/mol. The Bertz CT molecular complexity index is 2940. The van der Waals surface area contributed by atoms with Crippen LogP contribution in [-0.4, -0.2) is 48.9 Å². The molecule has 320 valence electrons. The van der Waals surface area contributed by atoms with Crippen LogP contribution in [0.5, 0.6) is 5.75 Å². The van der Waals surface area contributed by atoms with Crippen molar-refractivity contribution in [2.45, 2.75) is 23.3 Å². The lowest BCUT2D eigenvalue weighted by Crippen LogP contribution is -2.63. The van der Waals surface area contributed by atoms with Crippen molar-refractivity contribution in [1.29, 1.82) is 0 Å². The fourth-order valence-corrected chi connectivity index (χ4v) is 7.05. The van der Waals surface area contributed by atoms with E-state index in [1.54, 1.807) is 24.3 Å². The molecule has 20 heteroatoms. The van der Waals surface area contributed by atoms with Gasteiger partial charge in [0.1, 0.15) is 22.3 Å². The summed E-state index contributed by atoms with van der Waals surface area (Å²) in [6.45, 7) is 0. The first-order valence-corrected chi connectivity index (χ1v) is 19.1. The minimum atomic E-state index is -7.41. The molecule has 0 unspecified atom stereocenters. The predicted octanol–water partition coefficient (Wildman–Crippen LogP) is 12.6. The Balaban J connectivity index is 0.000000364. The van der Waals surface area contributed by atoms with E-state index in [0.717, 1.165) is 28.0 Å². The van der Waals surface area contributed by atoms with Crippen LogP contribution in [0.15, 0.2) is 142 Å². The van der Waals surface area contributed by atoms with Gasteiger partial charge in [0.15, 0.2) is 5.75 Å². The highest BCUT2D eigenvalue weighted by Gasteiger charge is 2.86. The Morgan fingerprint density at radius 3 is 1.57 bits per heavy atom. The summed E-state index contributed by atoms with van der Waals surface area (Å²) in [5.74, 6) is -15.9. The summed E-state index contributed by atoms with van der Waals surface area (Å²) in [7, 11) is -8.43. The third-order valence-corrected chi connectivity index (χ3v) is 10.4. The van der Waals surface area contributed by atoms with Crippen LogP contribution < -0.4 is 9.65 Å². The lowest BCUT2D eigenvalue weighted by atomic mass is 9.81. The third kappa shape index (κ3) is 8.34. The van der Waals surface area contributed by atoms with E-state index >= 15 is 0 Å². The predicted molar refractivity (Wildman–Crippen MR) is 218 cm³/mol. The monoisotopic (exact) mass is 922 g/mol. The molecule has 6 aromatic carbocycles. The number of fused-ring (bicyclic) bond motifs is 6. The van der Waals surface area contributed by atoms with Crippen LogP contribution in [0.2, 0.25) is 10.0 Å². The molecule has 0 fully saturated rings. The summed E-state index contributed by atoms with van der Waals surface area (Å²) < 4.78 is 186. The minimum absolute atomic E-state index is 0. The minimum Gasteiger partial charge on any atom is -0.456 e. The first-order valence-electron chi connectivity index (χ1n) is 19.9. The molecule has 60 heavy (non-hydrogen) atoms. The maximum atomic E-state index is 13.9. The standard InChI is InChI=1S/C18H11ClO.C16H6ClF9O4S.C6H7BO2.4H2/c19-13-9-10-15-17(11-13)20-16-8-4-7-14(18(15)16)12-5-2-1-3-6-12;17-7-4-5-8-11(6-7)29-9-2-1-3-10(12(8)9)30-31(27,28)16(25,26)14(20,21)13(18,19)15(22,23)24;8-7(9)6-4-2-1-3-5-6;;;;/h1-11H;1-6H;1-5,8-9H;4*1H/i;;;3*1+2T;1+2. The van der Waals surface area contributed by atoms with Gasteiger partial charge in [-0.15, -0.1) is 0 Å². The van der Waals surface area contributed by atoms with Crippen LogP contribution in [0.4, 0.5) is 39.5 Å². The van der Waals surface area contributed by atoms with Crippen LogP contribution in [0.25, 0.3) is 55.0 Å². The summed E-state index contributed by atoms with van der Waals surface area (Å²) in [5, 5.41) is 12.9. The van der Waals surface area contributed by atoms with Gasteiger partial charge in [-0.3, -0.25) is 0 Å².